The van der Waals surface area contributed by atoms with Crippen LogP contribution in [0.15, 0.2) is 39.6 Å². The Balaban J connectivity index is 1.63. The number of furan rings is 1. The van der Waals surface area contributed by atoms with Gasteiger partial charge in [-0.25, -0.2) is 13.1 Å². The lowest BCUT2D eigenvalue weighted by Gasteiger charge is -2.32. The van der Waals surface area contributed by atoms with E-state index >= 15 is 0 Å². The summed E-state index contributed by atoms with van der Waals surface area (Å²) in [5, 5.41) is 0. The van der Waals surface area contributed by atoms with Gasteiger partial charge in [0.05, 0.1) is 10.5 Å². The van der Waals surface area contributed by atoms with E-state index in [0.29, 0.717) is 37.3 Å². The third kappa shape index (κ3) is 3.68. The van der Waals surface area contributed by atoms with Crippen LogP contribution in [0.4, 0.5) is 0 Å². The van der Waals surface area contributed by atoms with Crippen molar-refractivity contribution in [2.24, 2.45) is 0 Å². The average Bonchev–Trinajstić information content (AvgIpc) is 2.87. The van der Waals surface area contributed by atoms with Crippen molar-refractivity contribution in [2.45, 2.75) is 44.6 Å². The maximum absolute atomic E-state index is 12.8. The van der Waals surface area contributed by atoms with Crippen LogP contribution in [0.25, 0.3) is 0 Å². The maximum Gasteiger partial charge on any atom is 0.257 e. The van der Waals surface area contributed by atoms with Crippen LogP contribution < -0.4 is 4.72 Å². The van der Waals surface area contributed by atoms with E-state index in [1.54, 1.807) is 42.2 Å². The van der Waals surface area contributed by atoms with Crippen LogP contribution >= 0.6 is 0 Å². The van der Waals surface area contributed by atoms with Crippen molar-refractivity contribution >= 4 is 15.9 Å². The quantitative estimate of drug-likeness (QED) is 0.890. The van der Waals surface area contributed by atoms with Crippen LogP contribution in [0.2, 0.25) is 0 Å². The summed E-state index contributed by atoms with van der Waals surface area (Å²) in [6.45, 7) is 6.57. The Kier molecular flexibility index (Phi) is 5.20. The molecule has 0 saturated carbocycles. The van der Waals surface area contributed by atoms with Gasteiger partial charge >= 0.3 is 0 Å². The highest BCUT2D eigenvalue weighted by Crippen LogP contribution is 2.24. The van der Waals surface area contributed by atoms with Gasteiger partial charge in [0.1, 0.15) is 11.5 Å². The third-order valence-electron chi connectivity index (χ3n) is 4.93. The van der Waals surface area contributed by atoms with Crippen LogP contribution in [-0.2, 0) is 10.0 Å². The fourth-order valence-corrected chi connectivity index (χ4v) is 4.68. The van der Waals surface area contributed by atoms with Gasteiger partial charge in [-0.05, 0) is 45.7 Å². The van der Waals surface area contributed by atoms with Gasteiger partial charge in [0, 0.05) is 24.7 Å². The van der Waals surface area contributed by atoms with Gasteiger partial charge in [-0.2, -0.15) is 0 Å². The van der Waals surface area contributed by atoms with E-state index in [0.717, 1.165) is 11.3 Å². The molecule has 1 aliphatic heterocycles. The summed E-state index contributed by atoms with van der Waals surface area (Å²) in [6.07, 6.45) is 1.18. The molecule has 1 N–H and O–H groups in total. The number of hydrogen-bond donors (Lipinski definition) is 1. The van der Waals surface area contributed by atoms with Gasteiger partial charge in [-0.15, -0.1) is 0 Å². The topological polar surface area (TPSA) is 79.6 Å². The van der Waals surface area contributed by atoms with Crippen LogP contribution in [-0.4, -0.2) is 38.4 Å². The van der Waals surface area contributed by atoms with Crippen molar-refractivity contribution in [3.63, 3.8) is 0 Å². The van der Waals surface area contributed by atoms with Gasteiger partial charge in [0.25, 0.3) is 5.91 Å². The maximum atomic E-state index is 12.8. The first-order valence-electron chi connectivity index (χ1n) is 8.73. The zero-order valence-electron chi connectivity index (χ0n) is 15.3. The van der Waals surface area contributed by atoms with E-state index in [2.05, 4.69) is 4.72 Å². The first-order valence-corrected chi connectivity index (χ1v) is 10.2. The van der Waals surface area contributed by atoms with Crippen molar-refractivity contribution < 1.29 is 17.6 Å². The molecule has 1 aliphatic rings. The Morgan fingerprint density at radius 1 is 1.08 bits per heavy atom. The highest BCUT2D eigenvalue weighted by Gasteiger charge is 2.29. The molecule has 1 amide bonds. The van der Waals surface area contributed by atoms with Crippen molar-refractivity contribution in [1.29, 1.82) is 0 Å². The van der Waals surface area contributed by atoms with E-state index in [-0.39, 0.29) is 16.8 Å². The molecule has 1 fully saturated rings. The lowest BCUT2D eigenvalue weighted by Crippen LogP contribution is -2.46. The van der Waals surface area contributed by atoms with Crippen molar-refractivity contribution in [3.8, 4) is 0 Å². The number of rotatable bonds is 4. The van der Waals surface area contributed by atoms with E-state index < -0.39 is 10.0 Å². The molecule has 1 aromatic heterocycles. The molecule has 7 heteroatoms. The summed E-state index contributed by atoms with van der Waals surface area (Å²) < 4.78 is 33.2. The molecule has 0 radical (unpaired) electrons. The zero-order chi connectivity index (χ0) is 18.9. The van der Waals surface area contributed by atoms with E-state index in [1.807, 2.05) is 13.8 Å². The van der Waals surface area contributed by atoms with Gasteiger partial charge in [0.15, 0.2) is 0 Å². The van der Waals surface area contributed by atoms with Crippen LogP contribution in [0.5, 0.6) is 0 Å². The Morgan fingerprint density at radius 3 is 2.23 bits per heavy atom. The van der Waals surface area contributed by atoms with Gasteiger partial charge in [-0.1, -0.05) is 18.2 Å². The normalized spacial score (nSPS) is 16.0. The largest absolute Gasteiger partial charge is 0.466 e. The van der Waals surface area contributed by atoms with Crippen LogP contribution in [0.3, 0.4) is 0 Å². The number of likely N-dealkylation sites (tertiary alicyclic amines) is 1. The van der Waals surface area contributed by atoms with E-state index in [1.165, 1.54) is 0 Å². The summed E-state index contributed by atoms with van der Waals surface area (Å²) >= 11 is 0. The van der Waals surface area contributed by atoms with Crippen molar-refractivity contribution in [3.05, 3.63) is 53.0 Å². The Hall–Kier alpha value is -2.12. The fraction of sp³-hybridized carbons (Fsp3) is 0.421. The summed E-state index contributed by atoms with van der Waals surface area (Å²) in [4.78, 5) is 14.8. The number of nitrogens with zero attached hydrogens (tertiary/aromatic N) is 1. The highest BCUT2D eigenvalue weighted by atomic mass is 32.2. The average molecular weight is 376 g/mol. The Bertz CT molecular complexity index is 895. The summed E-state index contributed by atoms with van der Waals surface area (Å²) in [5.41, 5.74) is 1.50. The lowest BCUT2D eigenvalue weighted by atomic mass is 10.0. The number of amides is 1. The van der Waals surface area contributed by atoms with Crippen LogP contribution in [0.1, 0.15) is 40.3 Å². The highest BCUT2D eigenvalue weighted by molar-refractivity contribution is 7.89. The summed E-state index contributed by atoms with van der Waals surface area (Å²) in [7, 11) is -3.53. The first-order chi connectivity index (χ1) is 12.3. The standard InChI is InChI=1S/C19H24N2O4S/c1-13-14(2)25-15(3)18(13)19(22)21-11-9-16(10-12-21)20-26(23,24)17-7-5-4-6-8-17/h4-8,16,20H,9-12H2,1-3H3. The zero-order valence-corrected chi connectivity index (χ0v) is 16.1. The summed E-state index contributed by atoms with van der Waals surface area (Å²) in [5.74, 6) is 1.36. The number of aryl methyl sites for hydroxylation is 2. The predicted octanol–water partition coefficient (Wildman–Crippen LogP) is 2.79. The molecule has 2 aromatic rings. The predicted molar refractivity (Wildman–Crippen MR) is 98.6 cm³/mol. The fourth-order valence-electron chi connectivity index (χ4n) is 3.35. The molecule has 1 saturated heterocycles. The molecule has 2 heterocycles. The van der Waals surface area contributed by atoms with Gasteiger partial charge < -0.3 is 9.32 Å². The Morgan fingerprint density at radius 2 is 1.69 bits per heavy atom. The number of hydrogen-bond acceptors (Lipinski definition) is 4. The second-order valence-electron chi connectivity index (χ2n) is 6.72. The minimum absolute atomic E-state index is 0.0405. The SMILES string of the molecule is Cc1oc(C)c(C(=O)N2CCC(NS(=O)(=O)c3ccccc3)CC2)c1C. The smallest absolute Gasteiger partial charge is 0.257 e. The third-order valence-corrected chi connectivity index (χ3v) is 6.47. The molecule has 140 valence electrons. The Labute approximate surface area is 154 Å². The molecule has 0 atom stereocenters. The lowest BCUT2D eigenvalue weighted by molar-refractivity contribution is 0.0709. The number of carbonyl (C=O) groups excluding carboxylic acids is 1. The summed E-state index contributed by atoms with van der Waals surface area (Å²) in [6, 6.07) is 8.17. The molecule has 0 bridgehead atoms. The molecule has 3 rings (SSSR count). The monoisotopic (exact) mass is 376 g/mol. The minimum Gasteiger partial charge on any atom is -0.466 e. The molecule has 0 spiro atoms. The molecular weight excluding hydrogens is 352 g/mol. The van der Waals surface area contributed by atoms with Crippen LogP contribution in [0, 0.1) is 20.8 Å². The number of nitrogens with one attached hydrogen (secondary N) is 1. The van der Waals surface area contributed by atoms with Gasteiger partial charge in [-0.3, -0.25) is 4.79 Å². The second-order valence-corrected chi connectivity index (χ2v) is 8.43. The molecular formula is C19H24N2O4S. The molecule has 1 aromatic carbocycles. The second kappa shape index (κ2) is 7.25. The van der Waals surface area contributed by atoms with Gasteiger partial charge in [0.2, 0.25) is 10.0 Å². The van der Waals surface area contributed by atoms with E-state index in [4.69, 9.17) is 4.42 Å². The van der Waals surface area contributed by atoms with E-state index in [9.17, 15) is 13.2 Å². The molecule has 6 nitrogen and oxygen atoms in total. The molecule has 0 aliphatic carbocycles. The van der Waals surface area contributed by atoms with Crippen molar-refractivity contribution in [2.75, 3.05) is 13.1 Å². The minimum atomic E-state index is -3.53. The van der Waals surface area contributed by atoms with Crippen molar-refractivity contribution in [1.82, 2.24) is 9.62 Å². The number of benzene rings is 1. The first kappa shape index (κ1) is 18.7. The number of carbonyl (C=O) groups is 1. The number of piperidine rings is 1. The molecule has 0 unspecified atom stereocenters. The number of sulfonamides is 1. The molecule has 26 heavy (non-hydrogen) atoms.